The maximum absolute atomic E-state index is 12.5. The van der Waals surface area contributed by atoms with Gasteiger partial charge in [0.05, 0.1) is 5.92 Å². The van der Waals surface area contributed by atoms with E-state index in [4.69, 9.17) is 0 Å². The summed E-state index contributed by atoms with van der Waals surface area (Å²) in [6.45, 7) is -1.05. The summed E-state index contributed by atoms with van der Waals surface area (Å²) in [5.41, 5.74) is 0. The predicted molar refractivity (Wildman–Crippen MR) is 68.9 cm³/mol. The third-order valence-corrected chi connectivity index (χ3v) is 4.21. The topological polar surface area (TPSA) is 58.1 Å². The van der Waals surface area contributed by atoms with Gasteiger partial charge in [0.15, 0.2) is 0 Å². The van der Waals surface area contributed by atoms with Crippen molar-refractivity contribution in [1.29, 1.82) is 0 Å². The van der Waals surface area contributed by atoms with E-state index >= 15 is 0 Å². The predicted octanol–water partition coefficient (Wildman–Crippen LogP) is 2.45. The van der Waals surface area contributed by atoms with Gasteiger partial charge in [-0.1, -0.05) is 11.3 Å². The number of hydrogen-bond donors (Lipinski definition) is 1. The fourth-order valence-corrected chi connectivity index (χ4v) is 2.90. The van der Waals surface area contributed by atoms with Gasteiger partial charge in [0.25, 0.3) is 0 Å². The van der Waals surface area contributed by atoms with Crippen LogP contribution in [0.1, 0.15) is 17.8 Å². The number of alkyl halides is 6. The van der Waals surface area contributed by atoms with E-state index in [1.807, 2.05) is 0 Å². The summed E-state index contributed by atoms with van der Waals surface area (Å²) in [4.78, 5) is 13.2. The van der Waals surface area contributed by atoms with Crippen molar-refractivity contribution in [1.82, 2.24) is 15.5 Å². The Morgan fingerprint density at radius 1 is 1.26 bits per heavy atom. The zero-order valence-electron chi connectivity index (χ0n) is 11.5. The largest absolute Gasteiger partial charge is 0.445 e. The lowest BCUT2D eigenvalue weighted by Gasteiger charge is -2.31. The summed E-state index contributed by atoms with van der Waals surface area (Å²) in [7, 11) is 0. The normalized spacial score (nSPS) is 19.7. The molecule has 1 unspecified atom stereocenters. The second-order valence-electron chi connectivity index (χ2n) is 5.01. The molecule has 0 saturated carbocycles. The second-order valence-corrected chi connectivity index (χ2v) is 5.96. The molecule has 1 aliphatic rings. The highest BCUT2D eigenvalue weighted by Crippen LogP contribution is 2.35. The van der Waals surface area contributed by atoms with Crippen molar-refractivity contribution < 1.29 is 31.1 Å². The molecule has 1 aromatic rings. The summed E-state index contributed by atoms with van der Waals surface area (Å²) < 4.78 is 73.8. The van der Waals surface area contributed by atoms with Crippen LogP contribution in [0.3, 0.4) is 0 Å². The van der Waals surface area contributed by atoms with E-state index in [-0.39, 0.29) is 11.7 Å². The van der Waals surface area contributed by atoms with Crippen LogP contribution < -0.4 is 10.2 Å². The molecule has 2 rings (SSSR count). The Balaban J connectivity index is 1.98. The number of piperidine rings is 1. The van der Waals surface area contributed by atoms with Crippen LogP contribution in [0.5, 0.6) is 0 Å². The van der Waals surface area contributed by atoms with E-state index in [9.17, 15) is 31.1 Å². The summed E-state index contributed by atoms with van der Waals surface area (Å²) >= 11 is 0.345. The van der Waals surface area contributed by atoms with Gasteiger partial charge in [-0.15, -0.1) is 10.2 Å². The molecule has 1 fully saturated rings. The summed E-state index contributed by atoms with van der Waals surface area (Å²) in [6.07, 6.45) is -8.28. The number of amides is 1. The lowest BCUT2D eigenvalue weighted by molar-refractivity contribution is -0.140. The van der Waals surface area contributed by atoms with Crippen molar-refractivity contribution in [2.75, 3.05) is 24.5 Å². The second kappa shape index (κ2) is 6.49. The third kappa shape index (κ3) is 4.94. The van der Waals surface area contributed by atoms with E-state index in [1.165, 1.54) is 4.90 Å². The number of nitrogens with zero attached hydrogens (tertiary/aromatic N) is 3. The molecule has 1 aliphatic heterocycles. The number of nitrogens with one attached hydrogen (secondary N) is 1. The van der Waals surface area contributed by atoms with Crippen LogP contribution >= 0.6 is 11.3 Å². The van der Waals surface area contributed by atoms with Crippen molar-refractivity contribution >= 4 is 22.4 Å². The van der Waals surface area contributed by atoms with Gasteiger partial charge in [0.2, 0.25) is 16.0 Å². The molecule has 1 N–H and O–H groups in total. The first kappa shape index (κ1) is 17.8. The molecular weight excluding hydrogens is 350 g/mol. The van der Waals surface area contributed by atoms with Crippen molar-refractivity contribution in [2.24, 2.45) is 5.92 Å². The number of carbonyl (C=O) groups excluding carboxylic acids is 1. The zero-order chi connectivity index (χ0) is 17.3. The average Bonchev–Trinajstić information content (AvgIpc) is 2.94. The first-order valence-corrected chi connectivity index (χ1v) is 7.38. The van der Waals surface area contributed by atoms with E-state index in [0.717, 1.165) is 0 Å². The molecule has 0 aromatic carbocycles. The molecule has 0 radical (unpaired) electrons. The summed E-state index contributed by atoms with van der Waals surface area (Å²) in [5.74, 6) is -1.50. The maximum Gasteiger partial charge on any atom is 0.445 e. The molecule has 1 aromatic heterocycles. The van der Waals surface area contributed by atoms with E-state index in [1.54, 1.807) is 5.32 Å². The minimum Gasteiger partial charge on any atom is -0.347 e. The van der Waals surface area contributed by atoms with Crippen molar-refractivity contribution in [3.05, 3.63) is 5.01 Å². The molecule has 23 heavy (non-hydrogen) atoms. The monoisotopic (exact) mass is 362 g/mol. The summed E-state index contributed by atoms with van der Waals surface area (Å²) in [6, 6.07) is 0. The van der Waals surface area contributed by atoms with Crippen LogP contribution in [0.25, 0.3) is 0 Å². The number of hydrogen-bond acceptors (Lipinski definition) is 5. The Labute approximate surface area is 130 Å². The van der Waals surface area contributed by atoms with Crippen LogP contribution in [-0.2, 0) is 11.0 Å². The minimum absolute atomic E-state index is 0.00523. The molecule has 12 heteroatoms. The SMILES string of the molecule is O=C(NCC(F)(F)F)C1CCCN(c2nnc(C(F)(F)F)s2)C1. The Morgan fingerprint density at radius 3 is 2.52 bits per heavy atom. The first-order chi connectivity index (χ1) is 10.6. The fraction of sp³-hybridized carbons (Fsp3) is 0.727. The number of rotatable bonds is 3. The molecule has 130 valence electrons. The number of aromatic nitrogens is 2. The zero-order valence-corrected chi connectivity index (χ0v) is 12.4. The highest BCUT2D eigenvalue weighted by molar-refractivity contribution is 7.15. The Bertz CT molecular complexity index is 557. The lowest BCUT2D eigenvalue weighted by Crippen LogP contribution is -2.45. The lowest BCUT2D eigenvalue weighted by atomic mass is 9.97. The van der Waals surface area contributed by atoms with Crippen molar-refractivity contribution in [3.8, 4) is 0 Å². The van der Waals surface area contributed by atoms with Gasteiger partial charge in [-0.2, -0.15) is 26.3 Å². The molecule has 1 saturated heterocycles. The Kier molecular flexibility index (Phi) is 5.01. The van der Waals surface area contributed by atoms with Crippen molar-refractivity contribution in [3.63, 3.8) is 0 Å². The van der Waals surface area contributed by atoms with Crippen LogP contribution in [-0.4, -0.2) is 41.9 Å². The number of anilines is 1. The van der Waals surface area contributed by atoms with Gasteiger partial charge in [0.1, 0.15) is 6.54 Å². The van der Waals surface area contributed by atoms with Gasteiger partial charge < -0.3 is 10.2 Å². The first-order valence-electron chi connectivity index (χ1n) is 6.56. The smallest absolute Gasteiger partial charge is 0.347 e. The maximum atomic E-state index is 12.5. The standard InChI is InChI=1S/C11H12F6N4OS/c12-10(13,14)5-18-7(22)6-2-1-3-21(4-6)9-20-19-8(23-9)11(15,16)17/h6H,1-5H2,(H,18,22). The van der Waals surface area contributed by atoms with E-state index < -0.39 is 35.7 Å². The summed E-state index contributed by atoms with van der Waals surface area (Å²) in [5, 5.41) is 7.20. The van der Waals surface area contributed by atoms with Gasteiger partial charge in [-0.3, -0.25) is 4.79 Å². The molecule has 0 aliphatic carbocycles. The highest BCUT2D eigenvalue weighted by Gasteiger charge is 2.37. The van der Waals surface area contributed by atoms with Crippen molar-refractivity contribution in [2.45, 2.75) is 25.2 Å². The van der Waals surface area contributed by atoms with Crippen LogP contribution in [0.2, 0.25) is 0 Å². The number of halogens is 6. The number of carbonyl (C=O) groups is 1. The molecule has 5 nitrogen and oxygen atoms in total. The molecule has 1 atom stereocenters. The third-order valence-electron chi connectivity index (χ3n) is 3.18. The average molecular weight is 362 g/mol. The molecule has 1 amide bonds. The van der Waals surface area contributed by atoms with E-state index in [2.05, 4.69) is 10.2 Å². The molecule has 0 spiro atoms. The van der Waals surface area contributed by atoms with Crippen LogP contribution in [0, 0.1) is 5.92 Å². The van der Waals surface area contributed by atoms with Gasteiger partial charge in [-0.05, 0) is 12.8 Å². The minimum atomic E-state index is -4.60. The highest BCUT2D eigenvalue weighted by atomic mass is 32.1. The van der Waals surface area contributed by atoms with Crippen LogP contribution in [0.4, 0.5) is 31.5 Å². The van der Waals surface area contributed by atoms with Gasteiger partial charge in [-0.25, -0.2) is 0 Å². The molecule has 2 heterocycles. The Hall–Kier alpha value is -1.59. The quantitative estimate of drug-likeness (QED) is 0.840. The van der Waals surface area contributed by atoms with Gasteiger partial charge >= 0.3 is 12.4 Å². The molecular formula is C11H12F6N4OS. The van der Waals surface area contributed by atoms with Crippen LogP contribution in [0.15, 0.2) is 0 Å². The molecule has 0 bridgehead atoms. The van der Waals surface area contributed by atoms with Gasteiger partial charge in [0, 0.05) is 13.1 Å². The van der Waals surface area contributed by atoms with E-state index in [0.29, 0.717) is 30.7 Å². The fourth-order valence-electron chi connectivity index (χ4n) is 2.15. The Morgan fingerprint density at radius 2 is 1.96 bits per heavy atom.